The lowest BCUT2D eigenvalue weighted by atomic mass is 10.2. The van der Waals surface area contributed by atoms with Crippen LogP contribution < -0.4 is 0 Å². The van der Waals surface area contributed by atoms with E-state index in [9.17, 15) is 13.2 Å². The summed E-state index contributed by atoms with van der Waals surface area (Å²) in [7, 11) is -2.17. The number of ether oxygens (including phenoxy) is 1. The molecule has 0 heterocycles. The molecule has 5 nitrogen and oxygen atoms in total. The molecular weight excluding hydrogens is 290 g/mol. The van der Waals surface area contributed by atoms with Crippen LogP contribution >= 0.6 is 0 Å². The summed E-state index contributed by atoms with van der Waals surface area (Å²) in [5.41, 5.74) is 0.729. The maximum Gasteiger partial charge on any atom is 0.309 e. The summed E-state index contributed by atoms with van der Waals surface area (Å²) < 4.78 is 31.3. The van der Waals surface area contributed by atoms with Crippen LogP contribution in [0.3, 0.4) is 0 Å². The van der Waals surface area contributed by atoms with Crippen molar-refractivity contribution >= 4 is 16.0 Å². The third kappa shape index (κ3) is 4.54. The van der Waals surface area contributed by atoms with Gasteiger partial charge in [-0.1, -0.05) is 19.1 Å². The molecule has 0 bridgehead atoms. The number of sulfonamides is 1. The van der Waals surface area contributed by atoms with E-state index in [1.54, 1.807) is 24.3 Å². The Morgan fingerprint density at radius 3 is 2.24 bits per heavy atom. The highest BCUT2D eigenvalue weighted by molar-refractivity contribution is 7.89. The van der Waals surface area contributed by atoms with E-state index >= 15 is 0 Å². The van der Waals surface area contributed by atoms with E-state index in [1.165, 1.54) is 11.4 Å². The number of carbonyl (C=O) groups excluding carboxylic acids is 1. The number of hydrogen-bond donors (Lipinski definition) is 0. The molecule has 0 saturated carbocycles. The van der Waals surface area contributed by atoms with E-state index in [4.69, 9.17) is 0 Å². The first kappa shape index (κ1) is 17.7. The first-order valence-corrected chi connectivity index (χ1v) is 8.44. The second kappa shape index (κ2) is 7.56. The van der Waals surface area contributed by atoms with Crippen LogP contribution in [0.15, 0.2) is 29.2 Å². The number of benzene rings is 1. The fourth-order valence-electron chi connectivity index (χ4n) is 2.03. The fourth-order valence-corrected chi connectivity index (χ4v) is 3.76. The van der Waals surface area contributed by atoms with E-state index < -0.39 is 10.0 Å². The van der Waals surface area contributed by atoms with Crippen LogP contribution in [0.5, 0.6) is 0 Å². The minimum Gasteiger partial charge on any atom is -0.469 e. The van der Waals surface area contributed by atoms with Gasteiger partial charge in [0, 0.05) is 12.6 Å². The highest BCUT2D eigenvalue weighted by Crippen LogP contribution is 2.19. The summed E-state index contributed by atoms with van der Waals surface area (Å²) in [5, 5.41) is 0. The van der Waals surface area contributed by atoms with Gasteiger partial charge in [-0.25, -0.2) is 8.42 Å². The van der Waals surface area contributed by atoms with Crippen LogP contribution in [0.25, 0.3) is 0 Å². The van der Waals surface area contributed by atoms with E-state index in [2.05, 4.69) is 4.74 Å². The Bertz CT molecular complexity index is 564. The molecule has 0 aromatic heterocycles. The standard InChI is InChI=1S/C15H23NO4S/c1-5-10-16(12(2)3)21(18,19)14-8-6-13(7-9-14)11-15(17)20-4/h6-9,12H,5,10-11H2,1-4H3. The molecule has 1 aromatic rings. The summed E-state index contributed by atoms with van der Waals surface area (Å²) in [6, 6.07) is 6.28. The molecule has 21 heavy (non-hydrogen) atoms. The van der Waals surface area contributed by atoms with Gasteiger partial charge in [0.25, 0.3) is 0 Å². The SMILES string of the molecule is CCCN(C(C)C)S(=O)(=O)c1ccc(CC(=O)OC)cc1. The Kier molecular flexibility index (Phi) is 6.36. The second-order valence-corrected chi connectivity index (χ2v) is 7.00. The minimum atomic E-state index is -3.50. The Labute approximate surface area is 127 Å². The minimum absolute atomic E-state index is 0.0929. The van der Waals surface area contributed by atoms with Crippen LogP contribution in [0.4, 0.5) is 0 Å². The summed E-state index contributed by atoms with van der Waals surface area (Å²) in [6.07, 6.45) is 0.900. The largest absolute Gasteiger partial charge is 0.469 e. The van der Waals surface area contributed by atoms with Gasteiger partial charge in [-0.3, -0.25) is 4.79 Å². The Hall–Kier alpha value is -1.40. The zero-order valence-corrected chi connectivity index (χ0v) is 13.8. The molecule has 0 N–H and O–H groups in total. The Morgan fingerprint density at radius 2 is 1.81 bits per heavy atom. The molecule has 118 valence electrons. The number of carbonyl (C=O) groups is 1. The van der Waals surface area contributed by atoms with Crippen molar-refractivity contribution in [3.05, 3.63) is 29.8 Å². The molecule has 1 aromatic carbocycles. The number of methoxy groups -OCH3 is 1. The smallest absolute Gasteiger partial charge is 0.309 e. The lowest BCUT2D eigenvalue weighted by Gasteiger charge is -2.25. The van der Waals surface area contributed by atoms with Crippen LogP contribution in [0.2, 0.25) is 0 Å². The van der Waals surface area contributed by atoms with Crippen LogP contribution in [0, 0.1) is 0 Å². The molecule has 0 unspecified atom stereocenters. The van der Waals surface area contributed by atoms with Gasteiger partial charge in [-0.05, 0) is 38.0 Å². The maximum atomic E-state index is 12.6. The van der Waals surface area contributed by atoms with E-state index in [0.717, 1.165) is 12.0 Å². The third-order valence-corrected chi connectivity index (χ3v) is 5.22. The average Bonchev–Trinajstić information content (AvgIpc) is 2.44. The summed E-state index contributed by atoms with van der Waals surface area (Å²) in [4.78, 5) is 11.4. The van der Waals surface area contributed by atoms with Crippen molar-refractivity contribution in [3.63, 3.8) is 0 Å². The zero-order valence-electron chi connectivity index (χ0n) is 13.0. The number of nitrogens with zero attached hydrogens (tertiary/aromatic N) is 1. The van der Waals surface area contributed by atoms with E-state index in [-0.39, 0.29) is 23.3 Å². The number of esters is 1. The van der Waals surface area contributed by atoms with Crippen LogP contribution in [-0.2, 0) is 26.0 Å². The lowest BCUT2D eigenvalue weighted by molar-refractivity contribution is -0.139. The molecule has 0 aliphatic carbocycles. The van der Waals surface area contributed by atoms with Crippen molar-refractivity contribution in [2.75, 3.05) is 13.7 Å². The zero-order chi connectivity index (χ0) is 16.0. The Balaban J connectivity index is 3.01. The molecular formula is C15H23NO4S. The lowest BCUT2D eigenvalue weighted by Crippen LogP contribution is -2.37. The van der Waals surface area contributed by atoms with Gasteiger partial charge >= 0.3 is 5.97 Å². The van der Waals surface area contributed by atoms with Crippen molar-refractivity contribution in [1.29, 1.82) is 0 Å². The topological polar surface area (TPSA) is 63.7 Å². The van der Waals surface area contributed by atoms with Crippen LogP contribution in [0.1, 0.15) is 32.8 Å². The summed E-state index contributed by atoms with van der Waals surface area (Å²) >= 11 is 0. The van der Waals surface area contributed by atoms with E-state index in [0.29, 0.717) is 6.54 Å². The number of rotatable bonds is 7. The fraction of sp³-hybridized carbons (Fsp3) is 0.533. The maximum absolute atomic E-state index is 12.6. The molecule has 0 spiro atoms. The predicted octanol–water partition coefficient (Wildman–Crippen LogP) is 2.21. The Morgan fingerprint density at radius 1 is 1.24 bits per heavy atom. The molecule has 0 radical (unpaired) electrons. The molecule has 6 heteroatoms. The second-order valence-electron chi connectivity index (χ2n) is 5.11. The highest BCUT2D eigenvalue weighted by Gasteiger charge is 2.26. The first-order valence-electron chi connectivity index (χ1n) is 7.00. The molecule has 0 saturated heterocycles. The normalized spacial score (nSPS) is 11.9. The monoisotopic (exact) mass is 313 g/mol. The molecule has 0 aliphatic heterocycles. The number of hydrogen-bond acceptors (Lipinski definition) is 4. The van der Waals surface area contributed by atoms with Crippen molar-refractivity contribution in [1.82, 2.24) is 4.31 Å². The van der Waals surface area contributed by atoms with Crippen molar-refractivity contribution in [3.8, 4) is 0 Å². The predicted molar refractivity (Wildman–Crippen MR) is 81.5 cm³/mol. The van der Waals surface area contributed by atoms with Gasteiger partial charge < -0.3 is 4.74 Å². The van der Waals surface area contributed by atoms with Crippen molar-refractivity contribution in [2.45, 2.75) is 44.6 Å². The molecule has 0 atom stereocenters. The first-order chi connectivity index (χ1) is 9.82. The van der Waals surface area contributed by atoms with Crippen LogP contribution in [-0.4, -0.2) is 38.4 Å². The summed E-state index contributed by atoms with van der Waals surface area (Å²) in [6.45, 7) is 6.16. The van der Waals surface area contributed by atoms with Gasteiger partial charge in [0.2, 0.25) is 10.0 Å². The molecule has 1 rings (SSSR count). The van der Waals surface area contributed by atoms with E-state index in [1.807, 2.05) is 20.8 Å². The average molecular weight is 313 g/mol. The van der Waals surface area contributed by atoms with Crippen molar-refractivity contribution < 1.29 is 17.9 Å². The molecule has 0 aliphatic rings. The van der Waals surface area contributed by atoms with Gasteiger partial charge in [0.05, 0.1) is 18.4 Å². The quantitative estimate of drug-likeness (QED) is 0.724. The van der Waals surface area contributed by atoms with Gasteiger partial charge in [0.1, 0.15) is 0 Å². The van der Waals surface area contributed by atoms with Crippen molar-refractivity contribution in [2.24, 2.45) is 0 Å². The molecule has 0 fully saturated rings. The summed E-state index contributed by atoms with van der Waals surface area (Å²) in [5.74, 6) is -0.347. The van der Waals surface area contributed by atoms with Gasteiger partial charge in [-0.2, -0.15) is 4.31 Å². The van der Waals surface area contributed by atoms with Gasteiger partial charge in [-0.15, -0.1) is 0 Å². The van der Waals surface area contributed by atoms with Gasteiger partial charge in [0.15, 0.2) is 0 Å². The molecule has 0 amide bonds. The third-order valence-electron chi connectivity index (χ3n) is 3.13. The highest BCUT2D eigenvalue weighted by atomic mass is 32.2.